The van der Waals surface area contributed by atoms with Crippen molar-refractivity contribution in [1.29, 1.82) is 0 Å². The minimum absolute atomic E-state index is 0.0847. The third-order valence-electron chi connectivity index (χ3n) is 2.48. The van der Waals surface area contributed by atoms with Crippen molar-refractivity contribution < 1.29 is 27.4 Å². The number of quaternary nitrogens is 1. The van der Waals surface area contributed by atoms with Gasteiger partial charge in [-0.1, -0.05) is 0 Å². The lowest BCUT2D eigenvalue weighted by Gasteiger charge is -2.30. The van der Waals surface area contributed by atoms with Crippen LogP contribution in [0.1, 0.15) is 5.69 Å². The van der Waals surface area contributed by atoms with Gasteiger partial charge in [-0.05, 0) is 0 Å². The first-order chi connectivity index (χ1) is 8.01. The Bertz CT molecular complexity index is 543. The molecule has 0 spiro atoms. The van der Waals surface area contributed by atoms with Gasteiger partial charge in [-0.2, -0.15) is 8.42 Å². The molecule has 0 radical (unpaired) electrons. The Morgan fingerprint density at radius 3 is 2.39 bits per heavy atom. The van der Waals surface area contributed by atoms with Gasteiger partial charge in [-0.3, -0.25) is 4.55 Å². The number of aromatic amines is 1. The van der Waals surface area contributed by atoms with Crippen molar-refractivity contribution in [3.8, 4) is 0 Å². The molecule has 3 N–H and O–H groups in total. The Hall–Kier alpha value is -1.45. The second kappa shape index (κ2) is 4.67. The van der Waals surface area contributed by atoms with Crippen molar-refractivity contribution in [3.05, 3.63) is 11.9 Å². The molecule has 8 nitrogen and oxygen atoms in total. The molecule has 0 aliphatic rings. The molecule has 0 fully saturated rings. The molecule has 0 saturated carbocycles. The first-order valence-electron chi connectivity index (χ1n) is 5.07. The molecule has 0 amide bonds. The standard InChI is InChI=1S/C9H15N3O5S/c1-12(2,3)7(8(13)14)4-6-5-10-9(11-6)18(15,16)17/h5,7H,4H2,1-3H3,(H2-,10,11,13,14,15,16,17)/p+1/t7-/m0/s1. The average Bonchev–Trinajstić information content (AvgIpc) is 2.58. The number of hydrogen-bond donors (Lipinski definition) is 3. The largest absolute Gasteiger partial charge is 0.477 e. The third kappa shape index (κ3) is 3.52. The summed E-state index contributed by atoms with van der Waals surface area (Å²) in [6, 6.07) is -0.750. The molecule has 0 aromatic carbocycles. The summed E-state index contributed by atoms with van der Waals surface area (Å²) in [5, 5.41) is 8.54. The van der Waals surface area contributed by atoms with E-state index in [1.54, 1.807) is 21.1 Å². The highest BCUT2D eigenvalue weighted by Gasteiger charge is 2.32. The van der Waals surface area contributed by atoms with E-state index in [1.807, 2.05) is 0 Å². The number of carboxylic acids is 1. The topological polar surface area (TPSA) is 120 Å². The zero-order chi connectivity index (χ0) is 14.1. The van der Waals surface area contributed by atoms with Crippen LogP contribution in [0.3, 0.4) is 0 Å². The smallest absolute Gasteiger partial charge is 0.362 e. The molecule has 0 bridgehead atoms. The predicted molar refractivity (Wildman–Crippen MR) is 61.6 cm³/mol. The quantitative estimate of drug-likeness (QED) is 0.486. The van der Waals surface area contributed by atoms with Crippen LogP contribution in [0, 0.1) is 0 Å². The molecule has 0 unspecified atom stereocenters. The Morgan fingerprint density at radius 1 is 1.50 bits per heavy atom. The van der Waals surface area contributed by atoms with E-state index in [0.717, 1.165) is 0 Å². The van der Waals surface area contributed by atoms with Gasteiger partial charge in [0, 0.05) is 11.9 Å². The molecular weight excluding hydrogens is 262 g/mol. The van der Waals surface area contributed by atoms with Crippen molar-refractivity contribution in [1.82, 2.24) is 9.97 Å². The van der Waals surface area contributed by atoms with Crippen LogP contribution in [-0.4, -0.2) is 65.7 Å². The summed E-state index contributed by atoms with van der Waals surface area (Å²) in [5.41, 5.74) is 0.336. The first kappa shape index (κ1) is 14.6. The van der Waals surface area contributed by atoms with Crippen molar-refractivity contribution in [2.24, 2.45) is 0 Å². The van der Waals surface area contributed by atoms with Gasteiger partial charge in [0.15, 0.2) is 6.04 Å². The number of likely N-dealkylation sites (N-methyl/N-ethyl adjacent to an activating group) is 1. The molecule has 0 saturated heterocycles. The summed E-state index contributed by atoms with van der Waals surface area (Å²) in [5.74, 6) is -0.995. The Balaban J connectivity index is 2.97. The molecule has 1 heterocycles. The predicted octanol–water partition coefficient (Wildman–Crippen LogP) is -0.642. The first-order valence-corrected chi connectivity index (χ1v) is 6.51. The van der Waals surface area contributed by atoms with E-state index in [1.165, 1.54) is 6.20 Å². The van der Waals surface area contributed by atoms with Gasteiger partial charge in [-0.15, -0.1) is 0 Å². The van der Waals surface area contributed by atoms with Gasteiger partial charge >= 0.3 is 16.1 Å². The Labute approximate surface area is 105 Å². The third-order valence-corrected chi connectivity index (χ3v) is 3.18. The fraction of sp³-hybridized carbons (Fsp3) is 0.556. The lowest BCUT2D eigenvalue weighted by atomic mass is 10.1. The molecule has 0 aliphatic heterocycles. The van der Waals surface area contributed by atoms with Crippen LogP contribution < -0.4 is 0 Å². The molecule has 102 valence electrons. The van der Waals surface area contributed by atoms with Gasteiger partial charge in [-0.25, -0.2) is 9.78 Å². The second-order valence-corrected chi connectivity index (χ2v) is 6.20. The molecule has 1 atom stereocenters. The molecule has 1 aromatic heterocycles. The number of carbonyl (C=O) groups is 1. The van der Waals surface area contributed by atoms with Crippen molar-refractivity contribution in [2.45, 2.75) is 17.6 Å². The van der Waals surface area contributed by atoms with Gasteiger partial charge in [0.05, 0.1) is 27.6 Å². The van der Waals surface area contributed by atoms with Crippen LogP contribution in [0.4, 0.5) is 0 Å². The molecule has 9 heteroatoms. The summed E-state index contributed by atoms with van der Waals surface area (Å²) < 4.78 is 30.5. The highest BCUT2D eigenvalue weighted by molar-refractivity contribution is 7.85. The Kier molecular flexibility index (Phi) is 3.79. The zero-order valence-corrected chi connectivity index (χ0v) is 11.1. The molecule has 1 aromatic rings. The van der Waals surface area contributed by atoms with Gasteiger partial charge < -0.3 is 14.6 Å². The van der Waals surface area contributed by atoms with Crippen molar-refractivity contribution in [3.63, 3.8) is 0 Å². The van der Waals surface area contributed by atoms with Gasteiger partial charge in [0.1, 0.15) is 0 Å². The summed E-state index contributed by atoms with van der Waals surface area (Å²) in [6.07, 6.45) is 1.29. The molecule has 18 heavy (non-hydrogen) atoms. The van der Waals surface area contributed by atoms with E-state index in [2.05, 4.69) is 9.97 Å². The highest BCUT2D eigenvalue weighted by atomic mass is 32.2. The van der Waals surface area contributed by atoms with Crippen molar-refractivity contribution in [2.75, 3.05) is 21.1 Å². The number of hydrogen-bond acceptors (Lipinski definition) is 4. The summed E-state index contributed by atoms with van der Waals surface area (Å²) >= 11 is 0. The van der Waals surface area contributed by atoms with Crippen LogP contribution in [-0.2, 0) is 21.3 Å². The van der Waals surface area contributed by atoms with Crippen LogP contribution in [0.2, 0.25) is 0 Å². The number of nitrogens with one attached hydrogen (secondary N) is 1. The van der Waals surface area contributed by atoms with Crippen LogP contribution in [0.25, 0.3) is 0 Å². The minimum atomic E-state index is -4.39. The van der Waals surface area contributed by atoms with Gasteiger partial charge in [0.2, 0.25) is 0 Å². The van der Waals surface area contributed by atoms with E-state index < -0.39 is 27.3 Å². The lowest BCUT2D eigenvalue weighted by molar-refractivity contribution is -0.887. The normalized spacial score (nSPS) is 14.4. The summed E-state index contributed by atoms with van der Waals surface area (Å²) in [4.78, 5) is 17.0. The van der Waals surface area contributed by atoms with E-state index in [-0.39, 0.29) is 10.9 Å². The fourth-order valence-electron chi connectivity index (χ4n) is 1.47. The van der Waals surface area contributed by atoms with Crippen molar-refractivity contribution >= 4 is 16.1 Å². The number of carboxylic acid groups (broad SMARTS) is 1. The zero-order valence-electron chi connectivity index (χ0n) is 10.3. The summed E-state index contributed by atoms with van der Waals surface area (Å²) in [6.45, 7) is 0. The minimum Gasteiger partial charge on any atom is -0.477 e. The molecular formula is C9H16N3O5S+. The van der Waals surface area contributed by atoms with Crippen LogP contribution in [0.15, 0.2) is 11.4 Å². The van der Waals surface area contributed by atoms with Gasteiger partial charge in [0.25, 0.3) is 5.16 Å². The lowest BCUT2D eigenvalue weighted by Crippen LogP contribution is -2.51. The van der Waals surface area contributed by atoms with E-state index in [9.17, 15) is 13.2 Å². The average molecular weight is 278 g/mol. The number of aliphatic carboxylic acids is 1. The Morgan fingerprint density at radius 2 is 2.06 bits per heavy atom. The highest BCUT2D eigenvalue weighted by Crippen LogP contribution is 2.12. The van der Waals surface area contributed by atoms with E-state index in [4.69, 9.17) is 9.66 Å². The maximum atomic E-state index is 11.1. The maximum Gasteiger partial charge on any atom is 0.362 e. The van der Waals surface area contributed by atoms with E-state index in [0.29, 0.717) is 5.69 Å². The number of imidazole rings is 1. The molecule has 0 aliphatic carbocycles. The maximum absolute atomic E-state index is 11.1. The number of H-pyrrole nitrogens is 1. The monoisotopic (exact) mass is 278 g/mol. The summed E-state index contributed by atoms with van der Waals surface area (Å²) in [7, 11) is 0.771. The number of nitrogens with zero attached hydrogens (tertiary/aromatic N) is 2. The SMILES string of the molecule is C[N+](C)(C)[C@@H](Cc1cnc(S(=O)(=O)O)[nH]1)C(=O)O. The number of aromatic nitrogens is 2. The van der Waals surface area contributed by atoms with Crippen LogP contribution in [0.5, 0.6) is 0 Å². The molecule has 1 rings (SSSR count). The number of rotatable bonds is 5. The van der Waals surface area contributed by atoms with E-state index >= 15 is 0 Å². The second-order valence-electron chi connectivity index (χ2n) is 4.86. The van der Waals surface area contributed by atoms with Crippen LogP contribution >= 0.6 is 0 Å². The fourth-order valence-corrected chi connectivity index (χ4v) is 1.92.